The van der Waals surface area contributed by atoms with Gasteiger partial charge in [0.25, 0.3) is 0 Å². The van der Waals surface area contributed by atoms with E-state index < -0.39 is 0 Å². The molecule has 0 radical (unpaired) electrons. The number of carbonyl (C=O) groups is 1. The first-order chi connectivity index (χ1) is 12.2. The number of para-hydroxylation sites is 1. The average Bonchev–Trinajstić information content (AvgIpc) is 2.63. The van der Waals surface area contributed by atoms with Crippen molar-refractivity contribution < 1.29 is 14.6 Å². The van der Waals surface area contributed by atoms with Crippen LogP contribution in [0.5, 0.6) is 17.2 Å². The number of carbonyl (C=O) groups excluding carboxylic acids is 1. The molecular weight excluding hydrogens is 314 g/mol. The van der Waals surface area contributed by atoms with Crippen LogP contribution in [0.4, 0.5) is 5.69 Å². The fourth-order valence-corrected chi connectivity index (χ4v) is 2.22. The van der Waals surface area contributed by atoms with Crippen LogP contribution in [-0.2, 0) is 4.79 Å². The third kappa shape index (κ3) is 4.97. The third-order valence-electron chi connectivity index (χ3n) is 3.40. The number of phenols is 1. The normalized spacial score (nSPS) is 10.6. The number of aromatic hydroxyl groups is 1. The summed E-state index contributed by atoms with van der Waals surface area (Å²) in [6, 6.07) is 23.3. The van der Waals surface area contributed by atoms with Gasteiger partial charge in [0.2, 0.25) is 5.91 Å². The second kappa shape index (κ2) is 7.84. The standard InChI is InChI=1S/C21H17NO3/c23-18-6-4-5-16(15-18)9-14-21(24)22-17-10-12-20(13-11-17)25-19-7-2-1-3-8-19/h1-15,23H,(H,22,24)/b14-9+. The predicted octanol–water partition coefficient (Wildman–Crippen LogP) is 4.84. The van der Waals surface area contributed by atoms with E-state index in [1.54, 1.807) is 54.6 Å². The molecule has 0 fully saturated rings. The van der Waals surface area contributed by atoms with Crippen molar-refractivity contribution in [1.82, 2.24) is 0 Å². The highest BCUT2D eigenvalue weighted by Gasteiger charge is 2.00. The second-order valence-corrected chi connectivity index (χ2v) is 5.36. The molecule has 0 saturated carbocycles. The first-order valence-corrected chi connectivity index (χ1v) is 7.80. The summed E-state index contributed by atoms with van der Waals surface area (Å²) in [7, 11) is 0. The zero-order valence-corrected chi connectivity index (χ0v) is 13.4. The molecule has 0 unspecified atom stereocenters. The van der Waals surface area contributed by atoms with Gasteiger partial charge in [-0.25, -0.2) is 0 Å². The topological polar surface area (TPSA) is 58.6 Å². The molecule has 0 saturated heterocycles. The van der Waals surface area contributed by atoms with Crippen LogP contribution < -0.4 is 10.1 Å². The van der Waals surface area contributed by atoms with E-state index in [0.717, 1.165) is 11.3 Å². The van der Waals surface area contributed by atoms with Crippen molar-refractivity contribution in [3.05, 3.63) is 90.5 Å². The number of nitrogens with one attached hydrogen (secondary N) is 1. The number of hydrogen-bond donors (Lipinski definition) is 2. The summed E-state index contributed by atoms with van der Waals surface area (Å²) in [5.74, 6) is 1.37. The number of ether oxygens (including phenoxy) is 1. The van der Waals surface area contributed by atoms with Crippen LogP contribution in [0, 0.1) is 0 Å². The number of phenolic OH excluding ortho intramolecular Hbond substituents is 1. The highest BCUT2D eigenvalue weighted by Crippen LogP contribution is 2.22. The molecule has 4 heteroatoms. The van der Waals surface area contributed by atoms with Gasteiger partial charge < -0.3 is 15.2 Å². The van der Waals surface area contributed by atoms with Crippen LogP contribution in [-0.4, -0.2) is 11.0 Å². The van der Waals surface area contributed by atoms with Crippen molar-refractivity contribution in [3.63, 3.8) is 0 Å². The lowest BCUT2D eigenvalue weighted by Gasteiger charge is -2.07. The quantitative estimate of drug-likeness (QED) is 0.658. The molecule has 0 bridgehead atoms. The Labute approximate surface area is 146 Å². The molecule has 1 amide bonds. The molecule has 2 N–H and O–H groups in total. The van der Waals surface area contributed by atoms with E-state index in [0.29, 0.717) is 11.4 Å². The van der Waals surface area contributed by atoms with Crippen LogP contribution in [0.3, 0.4) is 0 Å². The summed E-state index contributed by atoms with van der Waals surface area (Å²) >= 11 is 0. The molecule has 0 aliphatic heterocycles. The molecule has 3 aromatic rings. The highest BCUT2D eigenvalue weighted by molar-refractivity contribution is 6.01. The highest BCUT2D eigenvalue weighted by atomic mass is 16.5. The summed E-state index contributed by atoms with van der Waals surface area (Å²) < 4.78 is 5.70. The van der Waals surface area contributed by atoms with Gasteiger partial charge in [-0.3, -0.25) is 4.79 Å². The van der Waals surface area contributed by atoms with Gasteiger partial charge in [0, 0.05) is 11.8 Å². The van der Waals surface area contributed by atoms with E-state index in [2.05, 4.69) is 5.32 Å². The SMILES string of the molecule is O=C(/C=C/c1cccc(O)c1)Nc1ccc(Oc2ccccc2)cc1. The van der Waals surface area contributed by atoms with E-state index in [9.17, 15) is 9.90 Å². The van der Waals surface area contributed by atoms with Crippen LogP contribution in [0.1, 0.15) is 5.56 Å². The van der Waals surface area contributed by atoms with E-state index in [1.165, 1.54) is 6.08 Å². The third-order valence-corrected chi connectivity index (χ3v) is 3.40. The molecule has 0 heterocycles. The van der Waals surface area contributed by atoms with Crippen molar-refractivity contribution in [2.75, 3.05) is 5.32 Å². The van der Waals surface area contributed by atoms with Gasteiger partial charge in [-0.2, -0.15) is 0 Å². The van der Waals surface area contributed by atoms with E-state index in [-0.39, 0.29) is 11.7 Å². The maximum atomic E-state index is 12.0. The van der Waals surface area contributed by atoms with Crippen LogP contribution >= 0.6 is 0 Å². The van der Waals surface area contributed by atoms with Gasteiger partial charge >= 0.3 is 0 Å². The van der Waals surface area contributed by atoms with Crippen LogP contribution in [0.2, 0.25) is 0 Å². The van der Waals surface area contributed by atoms with Gasteiger partial charge in [-0.15, -0.1) is 0 Å². The molecule has 124 valence electrons. The Hall–Kier alpha value is -3.53. The van der Waals surface area contributed by atoms with Gasteiger partial charge in [-0.1, -0.05) is 30.3 Å². The summed E-state index contributed by atoms with van der Waals surface area (Å²) in [6.45, 7) is 0. The zero-order chi connectivity index (χ0) is 17.5. The lowest BCUT2D eigenvalue weighted by Crippen LogP contribution is -2.07. The maximum absolute atomic E-state index is 12.0. The number of benzene rings is 3. The van der Waals surface area contributed by atoms with E-state index >= 15 is 0 Å². The Balaban J connectivity index is 1.58. The Kier molecular flexibility index (Phi) is 5.12. The van der Waals surface area contributed by atoms with Gasteiger partial charge in [0.05, 0.1) is 0 Å². The van der Waals surface area contributed by atoms with Gasteiger partial charge in [0.15, 0.2) is 0 Å². The maximum Gasteiger partial charge on any atom is 0.248 e. The first kappa shape index (κ1) is 16.3. The zero-order valence-electron chi connectivity index (χ0n) is 13.4. The molecule has 4 nitrogen and oxygen atoms in total. The molecular formula is C21H17NO3. The molecule has 3 rings (SSSR count). The van der Waals surface area contributed by atoms with Crippen molar-refractivity contribution >= 4 is 17.7 Å². The number of hydrogen-bond acceptors (Lipinski definition) is 3. The van der Waals surface area contributed by atoms with Crippen molar-refractivity contribution in [2.45, 2.75) is 0 Å². The number of rotatable bonds is 5. The lowest BCUT2D eigenvalue weighted by molar-refractivity contribution is -0.111. The molecule has 0 aliphatic rings. The van der Waals surface area contributed by atoms with Crippen molar-refractivity contribution in [1.29, 1.82) is 0 Å². The molecule has 0 aliphatic carbocycles. The number of anilines is 1. The summed E-state index contributed by atoms with van der Waals surface area (Å²) in [5, 5.41) is 12.2. The summed E-state index contributed by atoms with van der Waals surface area (Å²) in [4.78, 5) is 12.0. The minimum absolute atomic E-state index is 0.163. The molecule has 25 heavy (non-hydrogen) atoms. The first-order valence-electron chi connectivity index (χ1n) is 7.80. The molecule has 0 spiro atoms. The van der Waals surface area contributed by atoms with Gasteiger partial charge in [-0.05, 0) is 60.2 Å². The fourth-order valence-electron chi connectivity index (χ4n) is 2.22. The van der Waals surface area contributed by atoms with Crippen LogP contribution in [0.15, 0.2) is 84.9 Å². The molecule has 0 aromatic heterocycles. The smallest absolute Gasteiger partial charge is 0.248 e. The molecule has 3 aromatic carbocycles. The van der Waals surface area contributed by atoms with E-state index in [4.69, 9.17) is 4.74 Å². The van der Waals surface area contributed by atoms with Crippen molar-refractivity contribution in [2.24, 2.45) is 0 Å². The minimum Gasteiger partial charge on any atom is -0.508 e. The Morgan fingerprint density at radius 1 is 0.880 bits per heavy atom. The van der Waals surface area contributed by atoms with Crippen molar-refractivity contribution in [3.8, 4) is 17.2 Å². The summed E-state index contributed by atoms with van der Waals surface area (Å²) in [5.41, 5.74) is 1.42. The van der Waals surface area contributed by atoms with E-state index in [1.807, 2.05) is 30.3 Å². The van der Waals surface area contributed by atoms with Gasteiger partial charge in [0.1, 0.15) is 17.2 Å². The minimum atomic E-state index is -0.250. The number of amides is 1. The monoisotopic (exact) mass is 331 g/mol. The second-order valence-electron chi connectivity index (χ2n) is 5.36. The molecule has 0 atom stereocenters. The summed E-state index contributed by atoms with van der Waals surface area (Å²) in [6.07, 6.45) is 3.06. The Morgan fingerprint density at radius 2 is 1.60 bits per heavy atom. The largest absolute Gasteiger partial charge is 0.508 e. The average molecular weight is 331 g/mol. The Bertz CT molecular complexity index is 871. The fraction of sp³-hybridized carbons (Fsp3) is 0. The van der Waals surface area contributed by atoms with Crippen LogP contribution in [0.25, 0.3) is 6.08 Å². The predicted molar refractivity (Wildman–Crippen MR) is 98.7 cm³/mol. The lowest BCUT2D eigenvalue weighted by atomic mass is 10.2. The Morgan fingerprint density at radius 3 is 2.32 bits per heavy atom.